The summed E-state index contributed by atoms with van der Waals surface area (Å²) in [4.78, 5) is 5.42. The summed E-state index contributed by atoms with van der Waals surface area (Å²) in [6.45, 7) is 1.01. The van der Waals surface area contributed by atoms with E-state index in [-0.39, 0.29) is 29.7 Å². The van der Waals surface area contributed by atoms with E-state index in [0.717, 1.165) is 13.0 Å². The molecule has 0 saturated carbocycles. The Morgan fingerprint density at radius 1 is 1.23 bits per heavy atom. The highest BCUT2D eigenvalue weighted by molar-refractivity contribution is 14.0. The van der Waals surface area contributed by atoms with Gasteiger partial charge in [0.05, 0.1) is 5.75 Å². The summed E-state index contributed by atoms with van der Waals surface area (Å²) in [5, 5.41) is 8.33. The lowest BCUT2D eigenvalue weighted by molar-refractivity contribution is 0.599. The van der Waals surface area contributed by atoms with Gasteiger partial charge in [-0.25, -0.2) is 12.8 Å². The van der Waals surface area contributed by atoms with Crippen molar-refractivity contribution in [2.75, 3.05) is 19.8 Å². The minimum Gasteiger partial charge on any atom is -0.356 e. The predicted molar refractivity (Wildman–Crippen MR) is 117 cm³/mol. The molecule has 1 heterocycles. The van der Waals surface area contributed by atoms with Crippen LogP contribution in [0, 0.1) is 5.82 Å². The zero-order chi connectivity index (χ0) is 18.3. The maximum absolute atomic E-state index is 13.5. The first-order valence-corrected chi connectivity index (χ1v) is 10.7. The van der Waals surface area contributed by atoms with Crippen molar-refractivity contribution >= 4 is 51.1 Å². The van der Waals surface area contributed by atoms with Gasteiger partial charge in [-0.05, 0) is 41.1 Å². The molecule has 9 heteroatoms. The van der Waals surface area contributed by atoms with Crippen LogP contribution in [0.15, 0.2) is 40.7 Å². The molecule has 0 aliphatic rings. The van der Waals surface area contributed by atoms with Crippen LogP contribution in [0.4, 0.5) is 4.39 Å². The van der Waals surface area contributed by atoms with E-state index in [1.54, 1.807) is 18.4 Å². The molecule has 0 atom stereocenters. The molecule has 0 aliphatic carbocycles. The number of thiophene rings is 1. The average molecular weight is 511 g/mol. The maximum Gasteiger partial charge on any atom is 0.191 e. The largest absolute Gasteiger partial charge is 0.356 e. The lowest BCUT2D eigenvalue weighted by atomic mass is 10.1. The van der Waals surface area contributed by atoms with Gasteiger partial charge in [0.15, 0.2) is 15.8 Å². The number of nitrogens with zero attached hydrogens (tertiary/aromatic N) is 1. The van der Waals surface area contributed by atoms with Gasteiger partial charge >= 0.3 is 0 Å². The van der Waals surface area contributed by atoms with Gasteiger partial charge in [-0.2, -0.15) is 0 Å². The molecule has 2 rings (SSSR count). The van der Waals surface area contributed by atoms with Crippen molar-refractivity contribution in [3.8, 4) is 0 Å². The van der Waals surface area contributed by atoms with Crippen molar-refractivity contribution in [3.63, 3.8) is 0 Å². The van der Waals surface area contributed by atoms with Crippen LogP contribution in [-0.2, 0) is 28.6 Å². The smallest absolute Gasteiger partial charge is 0.191 e. The molecule has 144 valence electrons. The third-order valence-electron chi connectivity index (χ3n) is 3.50. The molecule has 2 aromatic rings. The number of hydrogen-bond acceptors (Lipinski definition) is 4. The SMILES string of the molecule is CN=C(NCCc1cccs1)NCc1cc(F)ccc1CS(C)(=O)=O.I. The third kappa shape index (κ3) is 8.00. The van der Waals surface area contributed by atoms with Crippen molar-refractivity contribution in [3.05, 3.63) is 57.5 Å². The topological polar surface area (TPSA) is 70.6 Å². The monoisotopic (exact) mass is 511 g/mol. The Hall–Kier alpha value is -1.20. The summed E-state index contributed by atoms with van der Waals surface area (Å²) in [6.07, 6.45) is 2.05. The fourth-order valence-electron chi connectivity index (χ4n) is 2.34. The first-order valence-electron chi connectivity index (χ1n) is 7.79. The Bertz CT molecular complexity index is 825. The summed E-state index contributed by atoms with van der Waals surface area (Å²) in [5.41, 5.74) is 1.19. The van der Waals surface area contributed by atoms with Gasteiger partial charge in [0, 0.05) is 31.3 Å². The molecule has 0 saturated heterocycles. The molecule has 0 bridgehead atoms. The van der Waals surface area contributed by atoms with E-state index in [1.807, 2.05) is 11.4 Å². The highest BCUT2D eigenvalue weighted by Gasteiger charge is 2.11. The minimum atomic E-state index is -3.19. The number of rotatable bonds is 7. The Labute approximate surface area is 175 Å². The molecule has 1 aromatic heterocycles. The van der Waals surface area contributed by atoms with Crippen molar-refractivity contribution in [2.24, 2.45) is 4.99 Å². The third-order valence-corrected chi connectivity index (χ3v) is 5.27. The molecule has 0 amide bonds. The molecule has 0 aliphatic heterocycles. The van der Waals surface area contributed by atoms with Crippen LogP contribution >= 0.6 is 35.3 Å². The molecule has 1 aromatic carbocycles. The molecular weight excluding hydrogens is 488 g/mol. The Morgan fingerprint density at radius 3 is 2.62 bits per heavy atom. The molecule has 5 nitrogen and oxygen atoms in total. The van der Waals surface area contributed by atoms with E-state index in [2.05, 4.69) is 21.7 Å². The van der Waals surface area contributed by atoms with Gasteiger partial charge < -0.3 is 10.6 Å². The Balaban J connectivity index is 0.00000338. The Morgan fingerprint density at radius 2 is 2.00 bits per heavy atom. The molecule has 0 radical (unpaired) electrons. The second-order valence-electron chi connectivity index (χ2n) is 5.67. The second kappa shape index (κ2) is 10.8. The van der Waals surface area contributed by atoms with Crippen molar-refractivity contribution < 1.29 is 12.8 Å². The zero-order valence-corrected chi connectivity index (χ0v) is 18.6. The lowest BCUT2D eigenvalue weighted by Crippen LogP contribution is -2.38. The van der Waals surface area contributed by atoms with Gasteiger partial charge in [-0.15, -0.1) is 35.3 Å². The van der Waals surface area contributed by atoms with Gasteiger partial charge in [-0.1, -0.05) is 12.1 Å². The maximum atomic E-state index is 13.5. The van der Waals surface area contributed by atoms with Crippen LogP contribution in [-0.4, -0.2) is 34.2 Å². The molecule has 2 N–H and O–H groups in total. The van der Waals surface area contributed by atoms with Crippen LogP contribution < -0.4 is 10.6 Å². The molecule has 0 fully saturated rings. The van der Waals surface area contributed by atoms with Gasteiger partial charge in [0.25, 0.3) is 0 Å². The van der Waals surface area contributed by atoms with E-state index in [0.29, 0.717) is 23.6 Å². The number of hydrogen-bond donors (Lipinski definition) is 2. The average Bonchev–Trinajstić information content (AvgIpc) is 3.05. The summed E-state index contributed by atoms with van der Waals surface area (Å²) >= 11 is 1.70. The molecular formula is C17H23FIN3O2S2. The first-order chi connectivity index (χ1) is 11.9. The van der Waals surface area contributed by atoms with E-state index in [4.69, 9.17) is 0 Å². The number of halogens is 2. The first kappa shape index (κ1) is 22.8. The lowest BCUT2D eigenvalue weighted by Gasteiger charge is -2.14. The number of benzene rings is 1. The quantitative estimate of drug-likeness (QED) is 0.341. The minimum absolute atomic E-state index is 0. The van der Waals surface area contributed by atoms with Crippen LogP contribution in [0.3, 0.4) is 0 Å². The van der Waals surface area contributed by atoms with Crippen LogP contribution in [0.5, 0.6) is 0 Å². The standard InChI is InChI=1S/C17H22FN3O2S2.HI/c1-19-17(20-8-7-16-4-3-9-24-16)21-11-14-10-15(18)6-5-13(14)12-25(2,22)23;/h3-6,9-10H,7-8,11-12H2,1-2H3,(H2,19,20,21);1H. The normalized spacial score (nSPS) is 11.7. The van der Waals surface area contributed by atoms with Crippen molar-refractivity contribution in [2.45, 2.75) is 18.7 Å². The number of guanidine groups is 1. The van der Waals surface area contributed by atoms with Gasteiger partial charge in [0.1, 0.15) is 5.82 Å². The van der Waals surface area contributed by atoms with Gasteiger partial charge in [-0.3, -0.25) is 4.99 Å². The molecule has 0 unspecified atom stereocenters. The van der Waals surface area contributed by atoms with Crippen LogP contribution in [0.25, 0.3) is 0 Å². The summed E-state index contributed by atoms with van der Waals surface area (Å²) in [6, 6.07) is 8.23. The number of aliphatic imine (C=N–C) groups is 1. The molecule has 0 spiro atoms. The van der Waals surface area contributed by atoms with Crippen molar-refractivity contribution in [1.29, 1.82) is 0 Å². The Kier molecular flexibility index (Phi) is 9.51. The number of sulfone groups is 1. The number of nitrogens with one attached hydrogen (secondary N) is 2. The summed E-state index contributed by atoms with van der Waals surface area (Å²) in [7, 11) is -1.53. The van der Waals surface area contributed by atoms with Crippen LogP contribution in [0.2, 0.25) is 0 Å². The van der Waals surface area contributed by atoms with Gasteiger partial charge in [0.2, 0.25) is 0 Å². The highest BCUT2D eigenvalue weighted by atomic mass is 127. The van der Waals surface area contributed by atoms with E-state index in [9.17, 15) is 12.8 Å². The predicted octanol–water partition coefficient (Wildman–Crippen LogP) is 2.96. The summed E-state index contributed by atoms with van der Waals surface area (Å²) < 4.78 is 36.6. The summed E-state index contributed by atoms with van der Waals surface area (Å²) in [5.74, 6) is 0.0788. The zero-order valence-electron chi connectivity index (χ0n) is 14.7. The molecule has 26 heavy (non-hydrogen) atoms. The van der Waals surface area contributed by atoms with E-state index >= 15 is 0 Å². The fraction of sp³-hybridized carbons (Fsp3) is 0.353. The fourth-order valence-corrected chi connectivity index (χ4v) is 3.90. The van der Waals surface area contributed by atoms with E-state index in [1.165, 1.54) is 29.3 Å². The highest BCUT2D eigenvalue weighted by Crippen LogP contribution is 2.14. The van der Waals surface area contributed by atoms with Crippen LogP contribution in [0.1, 0.15) is 16.0 Å². The van der Waals surface area contributed by atoms with E-state index < -0.39 is 15.7 Å². The second-order valence-corrected chi connectivity index (χ2v) is 8.84. The van der Waals surface area contributed by atoms with Crippen molar-refractivity contribution in [1.82, 2.24) is 10.6 Å².